The van der Waals surface area contributed by atoms with Crippen LogP contribution in [0.1, 0.15) is 44.6 Å². The van der Waals surface area contributed by atoms with Crippen molar-refractivity contribution in [3.05, 3.63) is 69.8 Å². The third-order valence-electron chi connectivity index (χ3n) is 5.48. The lowest BCUT2D eigenvalue weighted by Crippen LogP contribution is -2.36. The largest absolute Gasteiger partial charge is 0.294 e. The number of carbonyl (C=O) groups is 1. The lowest BCUT2D eigenvalue weighted by molar-refractivity contribution is 0.0771. The second kappa shape index (κ2) is 5.86. The molecule has 0 aliphatic heterocycles. The first-order valence-corrected chi connectivity index (χ1v) is 10.3. The molecule has 4 rings (SSSR count). The van der Waals surface area contributed by atoms with Crippen LogP contribution in [-0.2, 0) is 29.9 Å². The number of rotatable bonds is 2. The molecular weight excluding hydrogens is 416 g/mol. The van der Waals surface area contributed by atoms with Gasteiger partial charge in [-0.05, 0) is 53.5 Å². The highest BCUT2D eigenvalue weighted by atomic mass is 79.9. The molecule has 0 bridgehead atoms. The quantitative estimate of drug-likeness (QED) is 0.580. The molecule has 0 saturated heterocycles. The molecule has 0 radical (unpaired) electrons. The van der Waals surface area contributed by atoms with Gasteiger partial charge >= 0.3 is 0 Å². The van der Waals surface area contributed by atoms with Crippen LogP contribution in [0.4, 0.5) is 0 Å². The van der Waals surface area contributed by atoms with Crippen LogP contribution in [0, 0.1) is 5.41 Å². The molecule has 2 aromatic carbocycles. The highest BCUT2D eigenvalue weighted by Crippen LogP contribution is 2.47. The van der Waals surface area contributed by atoms with E-state index in [2.05, 4.69) is 50.1 Å². The van der Waals surface area contributed by atoms with Crippen LogP contribution in [0.2, 0.25) is 0 Å². The molecule has 0 amide bonds. The second-order valence-electron chi connectivity index (χ2n) is 6.78. The van der Waals surface area contributed by atoms with Gasteiger partial charge < -0.3 is 0 Å². The van der Waals surface area contributed by atoms with Crippen molar-refractivity contribution in [1.82, 2.24) is 0 Å². The first-order chi connectivity index (χ1) is 11.2. The van der Waals surface area contributed by atoms with Gasteiger partial charge in [-0.2, -0.15) is 0 Å². The standard InChI is InChI=1S/C20H18Br2O/c21-11-16-7-14-9-20(10-15(14)8-17(16)12-22)6-5-13-3-1-2-4-18(13)19(20)23/h1-4,7-8H,5-6,9-12H2. The molecule has 0 fully saturated rings. The van der Waals surface area contributed by atoms with Crippen molar-refractivity contribution in [3.8, 4) is 0 Å². The minimum Gasteiger partial charge on any atom is -0.294 e. The average molecular weight is 434 g/mol. The fraction of sp³-hybridized carbons (Fsp3) is 0.350. The number of Topliss-reactive ketones (excluding diaryl/α,β-unsaturated/α-hetero) is 1. The summed E-state index contributed by atoms with van der Waals surface area (Å²) in [5.41, 5.74) is 7.39. The molecule has 0 aromatic heterocycles. The maximum atomic E-state index is 13.2. The van der Waals surface area contributed by atoms with Crippen LogP contribution in [0.25, 0.3) is 0 Å². The van der Waals surface area contributed by atoms with Gasteiger partial charge in [0.2, 0.25) is 0 Å². The number of fused-ring (bicyclic) bond motifs is 2. The minimum absolute atomic E-state index is 0.203. The van der Waals surface area contributed by atoms with Crippen molar-refractivity contribution in [2.75, 3.05) is 0 Å². The van der Waals surface area contributed by atoms with E-state index < -0.39 is 0 Å². The zero-order chi connectivity index (χ0) is 16.0. The van der Waals surface area contributed by atoms with Gasteiger partial charge in [-0.25, -0.2) is 0 Å². The Bertz CT molecular complexity index is 761. The summed E-state index contributed by atoms with van der Waals surface area (Å²) in [5.74, 6) is 0.358. The van der Waals surface area contributed by atoms with Crippen molar-refractivity contribution in [3.63, 3.8) is 0 Å². The van der Waals surface area contributed by atoms with E-state index in [1.165, 1.54) is 27.8 Å². The summed E-state index contributed by atoms with van der Waals surface area (Å²) < 4.78 is 0. The van der Waals surface area contributed by atoms with Crippen LogP contribution < -0.4 is 0 Å². The summed E-state index contributed by atoms with van der Waals surface area (Å²) in [6.07, 6.45) is 3.80. The smallest absolute Gasteiger partial charge is 0.169 e. The number of aryl methyl sites for hydroxylation is 1. The van der Waals surface area contributed by atoms with Crippen molar-refractivity contribution in [2.45, 2.75) is 36.3 Å². The second-order valence-corrected chi connectivity index (χ2v) is 7.90. The zero-order valence-corrected chi connectivity index (χ0v) is 16.0. The van der Waals surface area contributed by atoms with Gasteiger partial charge in [-0.1, -0.05) is 68.3 Å². The average Bonchev–Trinajstić information content (AvgIpc) is 2.95. The highest BCUT2D eigenvalue weighted by Gasteiger charge is 2.46. The van der Waals surface area contributed by atoms with Crippen molar-refractivity contribution >= 4 is 37.6 Å². The summed E-state index contributed by atoms with van der Waals surface area (Å²) in [7, 11) is 0. The SMILES string of the molecule is O=C1c2ccccc2CCC12Cc1cc(CBr)c(CBr)cc1C2. The summed E-state index contributed by atoms with van der Waals surface area (Å²) in [6.45, 7) is 0. The molecule has 0 saturated carbocycles. The van der Waals surface area contributed by atoms with Gasteiger partial charge in [0.15, 0.2) is 5.78 Å². The van der Waals surface area contributed by atoms with Gasteiger partial charge in [0.05, 0.1) is 0 Å². The Morgan fingerprint density at radius 3 is 2.13 bits per heavy atom. The third-order valence-corrected chi connectivity index (χ3v) is 6.69. The van der Waals surface area contributed by atoms with E-state index in [1.54, 1.807) is 0 Å². The summed E-state index contributed by atoms with van der Waals surface area (Å²) in [4.78, 5) is 13.2. The molecule has 2 aliphatic carbocycles. The summed E-state index contributed by atoms with van der Waals surface area (Å²) >= 11 is 7.18. The fourth-order valence-corrected chi connectivity index (χ4v) is 5.28. The van der Waals surface area contributed by atoms with E-state index >= 15 is 0 Å². The van der Waals surface area contributed by atoms with Crippen LogP contribution in [0.3, 0.4) is 0 Å². The molecule has 3 heteroatoms. The summed E-state index contributed by atoms with van der Waals surface area (Å²) in [5, 5.41) is 1.73. The van der Waals surface area contributed by atoms with E-state index in [0.717, 1.165) is 41.9 Å². The number of halogens is 2. The van der Waals surface area contributed by atoms with Crippen molar-refractivity contribution in [2.24, 2.45) is 5.41 Å². The Kier molecular flexibility index (Phi) is 3.97. The fourth-order valence-electron chi connectivity index (χ4n) is 4.23. The number of hydrogen-bond donors (Lipinski definition) is 0. The molecule has 1 spiro atoms. The van der Waals surface area contributed by atoms with E-state index in [9.17, 15) is 4.79 Å². The molecule has 0 heterocycles. The van der Waals surface area contributed by atoms with Crippen LogP contribution in [0.15, 0.2) is 36.4 Å². The Morgan fingerprint density at radius 2 is 1.52 bits per heavy atom. The Balaban J connectivity index is 1.74. The first-order valence-electron chi connectivity index (χ1n) is 8.05. The van der Waals surface area contributed by atoms with E-state index in [0.29, 0.717) is 5.78 Å². The molecule has 2 aliphatic rings. The number of benzene rings is 2. The maximum Gasteiger partial charge on any atom is 0.169 e. The van der Waals surface area contributed by atoms with Crippen molar-refractivity contribution < 1.29 is 4.79 Å². The van der Waals surface area contributed by atoms with Gasteiger partial charge in [-0.3, -0.25) is 4.79 Å². The maximum absolute atomic E-state index is 13.2. The highest BCUT2D eigenvalue weighted by molar-refractivity contribution is 9.09. The monoisotopic (exact) mass is 432 g/mol. The molecule has 0 unspecified atom stereocenters. The van der Waals surface area contributed by atoms with Crippen molar-refractivity contribution in [1.29, 1.82) is 0 Å². The van der Waals surface area contributed by atoms with Crippen LogP contribution in [0.5, 0.6) is 0 Å². The number of ketones is 1. The van der Waals surface area contributed by atoms with Crippen LogP contribution >= 0.6 is 31.9 Å². The zero-order valence-electron chi connectivity index (χ0n) is 12.9. The van der Waals surface area contributed by atoms with Gasteiger partial charge in [0.1, 0.15) is 0 Å². The molecule has 23 heavy (non-hydrogen) atoms. The topological polar surface area (TPSA) is 17.1 Å². The van der Waals surface area contributed by atoms with Gasteiger partial charge in [0, 0.05) is 21.6 Å². The molecule has 118 valence electrons. The molecular formula is C20H18Br2O. The number of hydrogen-bond acceptors (Lipinski definition) is 1. The predicted molar refractivity (Wildman–Crippen MR) is 101 cm³/mol. The summed E-state index contributed by atoms with van der Waals surface area (Å²) in [6, 6.07) is 12.8. The molecule has 2 aromatic rings. The number of alkyl halides is 2. The van der Waals surface area contributed by atoms with Gasteiger partial charge in [-0.15, -0.1) is 0 Å². The Hall–Kier alpha value is -0.930. The first kappa shape index (κ1) is 15.6. The molecule has 0 atom stereocenters. The van der Waals surface area contributed by atoms with E-state index in [1.807, 2.05) is 18.2 Å². The lowest BCUT2D eigenvalue weighted by atomic mass is 9.69. The van der Waals surface area contributed by atoms with E-state index in [4.69, 9.17) is 0 Å². The van der Waals surface area contributed by atoms with E-state index in [-0.39, 0.29) is 5.41 Å². The lowest BCUT2D eigenvalue weighted by Gasteiger charge is -2.33. The predicted octanol–water partition coefficient (Wildman–Crippen LogP) is 5.39. The molecule has 0 N–H and O–H groups in total. The Labute approximate surface area is 153 Å². The van der Waals surface area contributed by atoms with Gasteiger partial charge in [0.25, 0.3) is 0 Å². The molecule has 1 nitrogen and oxygen atoms in total. The number of carbonyl (C=O) groups excluding carboxylic acids is 1. The third kappa shape index (κ3) is 2.44. The van der Waals surface area contributed by atoms with Crippen LogP contribution in [-0.4, -0.2) is 5.78 Å². The Morgan fingerprint density at radius 1 is 0.913 bits per heavy atom. The normalized spacial score (nSPS) is 18.1. The minimum atomic E-state index is -0.203.